The van der Waals surface area contributed by atoms with Crippen LogP contribution in [0.3, 0.4) is 0 Å². The Morgan fingerprint density at radius 2 is 1.81 bits per heavy atom. The van der Waals surface area contributed by atoms with E-state index in [2.05, 4.69) is 25.8 Å². The number of nitrogens with two attached hydrogens (primary N) is 1. The molecular formula is C16H22N2O2S. The molecule has 5 heteroatoms. The Morgan fingerprint density at radius 1 is 1.14 bits per heavy atom. The summed E-state index contributed by atoms with van der Waals surface area (Å²) in [7, 11) is 3.36. The van der Waals surface area contributed by atoms with Crippen molar-refractivity contribution in [1.29, 1.82) is 0 Å². The van der Waals surface area contributed by atoms with Crippen molar-refractivity contribution in [3.05, 3.63) is 28.1 Å². The van der Waals surface area contributed by atoms with E-state index in [4.69, 9.17) is 15.2 Å². The molecule has 1 aromatic heterocycles. The van der Waals surface area contributed by atoms with E-state index in [1.165, 1.54) is 0 Å². The Morgan fingerprint density at radius 3 is 2.29 bits per heavy atom. The van der Waals surface area contributed by atoms with Crippen molar-refractivity contribution in [3.63, 3.8) is 0 Å². The molecule has 0 atom stereocenters. The molecule has 0 aliphatic heterocycles. The summed E-state index contributed by atoms with van der Waals surface area (Å²) < 4.78 is 11.1. The van der Waals surface area contributed by atoms with Gasteiger partial charge in [0.1, 0.15) is 16.5 Å². The van der Waals surface area contributed by atoms with Gasteiger partial charge in [-0.25, -0.2) is 4.98 Å². The predicted octanol–water partition coefficient (Wildman–Crippen LogP) is 3.58. The van der Waals surface area contributed by atoms with Crippen molar-refractivity contribution in [1.82, 2.24) is 4.98 Å². The van der Waals surface area contributed by atoms with Crippen molar-refractivity contribution in [2.45, 2.75) is 32.7 Å². The second kappa shape index (κ2) is 6.03. The topological polar surface area (TPSA) is 57.4 Å². The van der Waals surface area contributed by atoms with Crippen molar-refractivity contribution in [2.24, 2.45) is 5.73 Å². The van der Waals surface area contributed by atoms with E-state index >= 15 is 0 Å². The zero-order chi connectivity index (χ0) is 15.6. The average Bonchev–Trinajstić information content (AvgIpc) is 2.93. The van der Waals surface area contributed by atoms with Gasteiger partial charge < -0.3 is 15.2 Å². The molecule has 2 aromatic rings. The summed E-state index contributed by atoms with van der Waals surface area (Å²) in [5.74, 6) is 1.65. The molecule has 0 aliphatic carbocycles. The summed E-state index contributed by atoms with van der Waals surface area (Å²) in [5.41, 5.74) is 8.53. The molecule has 21 heavy (non-hydrogen) atoms. The van der Waals surface area contributed by atoms with Gasteiger partial charge in [-0.3, -0.25) is 0 Å². The van der Waals surface area contributed by atoms with E-state index in [1.807, 2.05) is 17.5 Å². The quantitative estimate of drug-likeness (QED) is 0.938. The highest BCUT2D eigenvalue weighted by molar-refractivity contribution is 7.09. The average molecular weight is 306 g/mol. The summed E-state index contributed by atoms with van der Waals surface area (Å²) in [6.45, 7) is 6.90. The van der Waals surface area contributed by atoms with Crippen LogP contribution in [0.2, 0.25) is 0 Å². The van der Waals surface area contributed by atoms with Gasteiger partial charge in [-0.2, -0.15) is 0 Å². The van der Waals surface area contributed by atoms with Crippen molar-refractivity contribution in [3.8, 4) is 22.8 Å². The lowest BCUT2D eigenvalue weighted by Gasteiger charge is -2.23. The lowest BCUT2D eigenvalue weighted by atomic mass is 9.85. The molecule has 0 bridgehead atoms. The SMILES string of the molecule is COc1cc(C(C)(C)C)c(OC)cc1-c1csc(CN)n1. The number of benzene rings is 1. The number of rotatable bonds is 4. The van der Waals surface area contributed by atoms with Crippen LogP contribution in [-0.2, 0) is 12.0 Å². The number of ether oxygens (including phenoxy) is 2. The van der Waals surface area contributed by atoms with Gasteiger partial charge in [0.05, 0.1) is 19.9 Å². The number of hydrogen-bond donors (Lipinski definition) is 1. The molecule has 0 spiro atoms. The molecular weight excluding hydrogens is 284 g/mol. The summed E-state index contributed by atoms with van der Waals surface area (Å²) in [6.07, 6.45) is 0. The molecule has 0 unspecified atom stereocenters. The molecule has 0 saturated carbocycles. The third-order valence-corrected chi connectivity index (χ3v) is 4.20. The summed E-state index contributed by atoms with van der Waals surface area (Å²) >= 11 is 1.55. The fraction of sp³-hybridized carbons (Fsp3) is 0.438. The maximum absolute atomic E-state index is 5.64. The Kier molecular flexibility index (Phi) is 4.54. The van der Waals surface area contributed by atoms with Crippen LogP contribution in [-0.4, -0.2) is 19.2 Å². The van der Waals surface area contributed by atoms with Gasteiger partial charge in [0.25, 0.3) is 0 Å². The first-order valence-electron chi connectivity index (χ1n) is 6.82. The zero-order valence-corrected chi connectivity index (χ0v) is 14.0. The summed E-state index contributed by atoms with van der Waals surface area (Å²) in [6, 6.07) is 4.03. The van der Waals surface area contributed by atoms with E-state index in [0.717, 1.165) is 33.3 Å². The molecule has 0 aliphatic rings. The van der Waals surface area contributed by atoms with Crippen LogP contribution in [0.1, 0.15) is 31.3 Å². The maximum atomic E-state index is 5.64. The Hall–Kier alpha value is -1.59. The summed E-state index contributed by atoms with van der Waals surface area (Å²) in [4.78, 5) is 4.53. The monoisotopic (exact) mass is 306 g/mol. The van der Waals surface area contributed by atoms with Gasteiger partial charge >= 0.3 is 0 Å². The highest BCUT2D eigenvalue weighted by atomic mass is 32.1. The lowest BCUT2D eigenvalue weighted by molar-refractivity contribution is 0.389. The molecule has 0 fully saturated rings. The van der Waals surface area contributed by atoms with Gasteiger partial charge in [-0.05, 0) is 17.5 Å². The molecule has 2 N–H and O–H groups in total. The van der Waals surface area contributed by atoms with Gasteiger partial charge in [0.15, 0.2) is 0 Å². The number of aromatic nitrogens is 1. The van der Waals surface area contributed by atoms with Crippen LogP contribution in [0.4, 0.5) is 0 Å². The fourth-order valence-electron chi connectivity index (χ4n) is 2.21. The van der Waals surface area contributed by atoms with Crippen LogP contribution in [0.25, 0.3) is 11.3 Å². The molecule has 114 valence electrons. The highest BCUT2D eigenvalue weighted by Crippen LogP contribution is 2.40. The van der Waals surface area contributed by atoms with Crippen LogP contribution >= 0.6 is 11.3 Å². The first kappa shape index (κ1) is 15.8. The van der Waals surface area contributed by atoms with E-state index < -0.39 is 0 Å². The number of thiazole rings is 1. The van der Waals surface area contributed by atoms with Gasteiger partial charge in [-0.15, -0.1) is 11.3 Å². The maximum Gasteiger partial charge on any atom is 0.128 e. The van der Waals surface area contributed by atoms with E-state index in [1.54, 1.807) is 25.6 Å². The summed E-state index contributed by atoms with van der Waals surface area (Å²) in [5, 5.41) is 2.90. The predicted molar refractivity (Wildman–Crippen MR) is 87.2 cm³/mol. The van der Waals surface area contributed by atoms with Gasteiger partial charge in [0, 0.05) is 23.1 Å². The first-order chi connectivity index (χ1) is 9.90. The first-order valence-corrected chi connectivity index (χ1v) is 7.70. The normalized spacial score (nSPS) is 11.5. The molecule has 0 saturated heterocycles. The smallest absolute Gasteiger partial charge is 0.128 e. The van der Waals surface area contributed by atoms with E-state index in [0.29, 0.717) is 6.54 Å². The van der Waals surface area contributed by atoms with E-state index in [-0.39, 0.29) is 5.41 Å². The third kappa shape index (κ3) is 3.19. The minimum Gasteiger partial charge on any atom is -0.496 e. The Balaban J connectivity index is 2.61. The highest BCUT2D eigenvalue weighted by Gasteiger charge is 2.23. The second-order valence-corrected chi connectivity index (χ2v) is 6.78. The minimum absolute atomic E-state index is 0.0261. The molecule has 1 aromatic carbocycles. The minimum atomic E-state index is -0.0261. The largest absolute Gasteiger partial charge is 0.496 e. The van der Waals surface area contributed by atoms with Crippen LogP contribution in [0, 0.1) is 0 Å². The number of methoxy groups -OCH3 is 2. The number of nitrogens with zero attached hydrogens (tertiary/aromatic N) is 1. The number of hydrogen-bond acceptors (Lipinski definition) is 5. The molecule has 4 nitrogen and oxygen atoms in total. The standard InChI is InChI=1S/C16H22N2O2S/c1-16(2,3)11-7-13(19-4)10(6-14(11)20-5)12-9-21-15(8-17)18-12/h6-7,9H,8,17H2,1-5H3. The second-order valence-electron chi connectivity index (χ2n) is 5.83. The molecule has 0 radical (unpaired) electrons. The molecule has 1 heterocycles. The Bertz CT molecular complexity index is 630. The third-order valence-electron chi connectivity index (χ3n) is 3.33. The van der Waals surface area contributed by atoms with E-state index in [9.17, 15) is 0 Å². The lowest BCUT2D eigenvalue weighted by Crippen LogP contribution is -2.13. The van der Waals surface area contributed by atoms with Gasteiger partial charge in [0.2, 0.25) is 0 Å². The van der Waals surface area contributed by atoms with Gasteiger partial charge in [-0.1, -0.05) is 20.8 Å². The van der Waals surface area contributed by atoms with Crippen molar-refractivity contribution in [2.75, 3.05) is 14.2 Å². The molecule has 2 rings (SSSR count). The fourth-order valence-corrected chi connectivity index (χ4v) is 2.89. The Labute approximate surface area is 129 Å². The molecule has 0 amide bonds. The van der Waals surface area contributed by atoms with Crippen LogP contribution < -0.4 is 15.2 Å². The van der Waals surface area contributed by atoms with Crippen molar-refractivity contribution >= 4 is 11.3 Å². The van der Waals surface area contributed by atoms with Crippen LogP contribution in [0.15, 0.2) is 17.5 Å². The zero-order valence-electron chi connectivity index (χ0n) is 13.2. The van der Waals surface area contributed by atoms with Crippen LogP contribution in [0.5, 0.6) is 11.5 Å². The van der Waals surface area contributed by atoms with Crippen molar-refractivity contribution < 1.29 is 9.47 Å².